The van der Waals surface area contributed by atoms with Crippen LogP contribution in [-0.2, 0) is 4.79 Å². The van der Waals surface area contributed by atoms with Gasteiger partial charge in [-0.1, -0.05) is 6.42 Å². The number of nitrogens with one attached hydrogen (secondary N) is 1. The van der Waals surface area contributed by atoms with Crippen LogP contribution in [0.1, 0.15) is 25.7 Å². The van der Waals surface area contributed by atoms with Gasteiger partial charge in [0.2, 0.25) is 0 Å². The van der Waals surface area contributed by atoms with Gasteiger partial charge in [-0.05, 0) is 43.5 Å². The molecule has 1 aromatic carbocycles. The molecule has 0 heterocycles. The zero-order valence-corrected chi connectivity index (χ0v) is 12.0. The van der Waals surface area contributed by atoms with Crippen LogP contribution in [0.3, 0.4) is 0 Å². The highest BCUT2D eigenvalue weighted by Crippen LogP contribution is 2.25. The number of rotatable bonds is 3. The number of phenolic OH excluding ortho intramolecular Hbond substituents is 1. The number of carbonyl (C=O) groups is 2. The molecule has 1 aliphatic rings. The average molecular weight is 292 g/mol. The average Bonchev–Trinajstić information content (AvgIpc) is 2.47. The third-order valence-electron chi connectivity index (χ3n) is 3.89. The summed E-state index contributed by atoms with van der Waals surface area (Å²) in [5.41, 5.74) is 0.663. The van der Waals surface area contributed by atoms with Crippen LogP contribution in [0, 0.1) is 5.92 Å². The second-order valence-corrected chi connectivity index (χ2v) is 5.42. The van der Waals surface area contributed by atoms with Gasteiger partial charge in [0, 0.05) is 18.8 Å². The van der Waals surface area contributed by atoms with Crippen LogP contribution in [0.2, 0.25) is 0 Å². The summed E-state index contributed by atoms with van der Waals surface area (Å²) in [5.74, 6) is -1.02. The van der Waals surface area contributed by atoms with Crippen molar-refractivity contribution in [2.24, 2.45) is 5.92 Å². The number of benzene rings is 1. The molecule has 114 valence electrons. The van der Waals surface area contributed by atoms with Crippen molar-refractivity contribution in [1.29, 1.82) is 0 Å². The number of aromatic hydroxyl groups is 1. The zero-order valence-electron chi connectivity index (χ0n) is 12.0. The predicted octanol–water partition coefficient (Wildman–Crippen LogP) is 2.18. The lowest BCUT2D eigenvalue weighted by Gasteiger charge is -2.29. The number of carbonyl (C=O) groups excluding carboxylic acids is 1. The van der Waals surface area contributed by atoms with Crippen LogP contribution in [0.4, 0.5) is 10.5 Å². The Morgan fingerprint density at radius 2 is 1.90 bits per heavy atom. The van der Waals surface area contributed by atoms with Crippen molar-refractivity contribution in [2.75, 3.05) is 11.9 Å². The van der Waals surface area contributed by atoms with Gasteiger partial charge < -0.3 is 15.5 Å². The van der Waals surface area contributed by atoms with Gasteiger partial charge in [-0.3, -0.25) is 9.69 Å². The van der Waals surface area contributed by atoms with Gasteiger partial charge >= 0.3 is 12.0 Å². The molecule has 0 aromatic heterocycles. The Morgan fingerprint density at radius 3 is 2.52 bits per heavy atom. The molecule has 1 fully saturated rings. The molecule has 0 aliphatic heterocycles. The number of carboxylic acid groups (broad SMARTS) is 1. The number of hydrogen-bond acceptors (Lipinski definition) is 3. The SMILES string of the molecule is CN(C(=O)NC1CCCC(C(=O)O)C1)c1ccc(O)cc1. The molecular weight excluding hydrogens is 272 g/mol. The third kappa shape index (κ3) is 3.87. The Bertz CT molecular complexity index is 515. The molecule has 1 saturated carbocycles. The molecule has 0 saturated heterocycles. The molecule has 1 aliphatic carbocycles. The first-order valence-corrected chi connectivity index (χ1v) is 7.03. The van der Waals surface area contributed by atoms with E-state index in [0.29, 0.717) is 18.5 Å². The van der Waals surface area contributed by atoms with E-state index in [1.54, 1.807) is 19.2 Å². The highest BCUT2D eigenvalue weighted by atomic mass is 16.4. The van der Waals surface area contributed by atoms with Crippen LogP contribution >= 0.6 is 0 Å². The molecule has 6 nitrogen and oxygen atoms in total. The van der Waals surface area contributed by atoms with E-state index in [9.17, 15) is 14.7 Å². The fourth-order valence-electron chi connectivity index (χ4n) is 2.61. The standard InChI is InChI=1S/C15H20N2O4/c1-17(12-5-7-13(18)8-6-12)15(21)16-11-4-2-3-10(9-11)14(19)20/h5-8,10-11,18H,2-4,9H2,1H3,(H,16,21)(H,19,20). The minimum absolute atomic E-state index is 0.105. The highest BCUT2D eigenvalue weighted by molar-refractivity contribution is 5.91. The summed E-state index contributed by atoms with van der Waals surface area (Å²) < 4.78 is 0. The summed E-state index contributed by atoms with van der Waals surface area (Å²) in [5, 5.41) is 21.2. The maximum Gasteiger partial charge on any atom is 0.321 e. The van der Waals surface area contributed by atoms with Crippen LogP contribution in [0.15, 0.2) is 24.3 Å². The van der Waals surface area contributed by atoms with Crippen molar-refractivity contribution >= 4 is 17.7 Å². The Labute approximate surface area is 123 Å². The second-order valence-electron chi connectivity index (χ2n) is 5.42. The van der Waals surface area contributed by atoms with Crippen LogP contribution in [-0.4, -0.2) is 35.3 Å². The first kappa shape index (κ1) is 15.2. The van der Waals surface area contributed by atoms with Crippen molar-refractivity contribution in [2.45, 2.75) is 31.7 Å². The van der Waals surface area contributed by atoms with Crippen LogP contribution in [0.25, 0.3) is 0 Å². The first-order chi connectivity index (χ1) is 9.97. The number of nitrogens with zero attached hydrogens (tertiary/aromatic N) is 1. The van der Waals surface area contributed by atoms with Crippen molar-refractivity contribution in [3.05, 3.63) is 24.3 Å². The number of carboxylic acids is 1. The number of hydrogen-bond donors (Lipinski definition) is 3. The van der Waals surface area contributed by atoms with Gasteiger partial charge in [0.05, 0.1) is 5.92 Å². The van der Waals surface area contributed by atoms with Crippen molar-refractivity contribution < 1.29 is 19.8 Å². The number of anilines is 1. The zero-order chi connectivity index (χ0) is 15.4. The molecule has 0 spiro atoms. The molecule has 0 bridgehead atoms. The molecule has 6 heteroatoms. The van der Waals surface area contributed by atoms with E-state index >= 15 is 0 Å². The quantitative estimate of drug-likeness (QED) is 0.796. The lowest BCUT2D eigenvalue weighted by Crippen LogP contribution is -2.45. The topological polar surface area (TPSA) is 89.9 Å². The molecule has 3 N–H and O–H groups in total. The van der Waals surface area contributed by atoms with Gasteiger partial charge in [-0.15, -0.1) is 0 Å². The van der Waals surface area contributed by atoms with Gasteiger partial charge in [0.25, 0.3) is 0 Å². The lowest BCUT2D eigenvalue weighted by molar-refractivity contribution is -0.143. The maximum atomic E-state index is 12.2. The fourth-order valence-corrected chi connectivity index (χ4v) is 2.61. The monoisotopic (exact) mass is 292 g/mol. The Balaban J connectivity index is 1.94. The summed E-state index contributed by atoms with van der Waals surface area (Å²) in [6.07, 6.45) is 2.77. The number of amides is 2. The normalized spacial score (nSPS) is 21.6. The summed E-state index contributed by atoms with van der Waals surface area (Å²) in [6.45, 7) is 0. The third-order valence-corrected chi connectivity index (χ3v) is 3.89. The number of aliphatic carboxylic acids is 1. The molecule has 2 amide bonds. The predicted molar refractivity (Wildman–Crippen MR) is 78.4 cm³/mol. The fraction of sp³-hybridized carbons (Fsp3) is 0.467. The van der Waals surface area contributed by atoms with E-state index in [2.05, 4.69) is 5.32 Å². The van der Waals surface area contributed by atoms with Gasteiger partial charge in [-0.25, -0.2) is 4.79 Å². The van der Waals surface area contributed by atoms with Gasteiger partial charge in [0.1, 0.15) is 5.75 Å². The van der Waals surface area contributed by atoms with Crippen molar-refractivity contribution in [1.82, 2.24) is 5.32 Å². The highest BCUT2D eigenvalue weighted by Gasteiger charge is 2.28. The van der Waals surface area contributed by atoms with E-state index in [1.165, 1.54) is 17.0 Å². The summed E-state index contributed by atoms with van der Waals surface area (Å²) >= 11 is 0. The van der Waals surface area contributed by atoms with E-state index in [1.807, 2.05) is 0 Å². The van der Waals surface area contributed by atoms with E-state index < -0.39 is 5.97 Å². The van der Waals surface area contributed by atoms with Crippen LogP contribution in [0.5, 0.6) is 5.75 Å². The molecular formula is C15H20N2O4. The molecule has 21 heavy (non-hydrogen) atoms. The minimum Gasteiger partial charge on any atom is -0.508 e. The molecule has 0 radical (unpaired) electrons. The largest absolute Gasteiger partial charge is 0.508 e. The number of phenols is 1. The minimum atomic E-state index is -0.791. The summed E-state index contributed by atoms with van der Waals surface area (Å²) in [6, 6.07) is 5.95. The second kappa shape index (κ2) is 6.47. The van der Waals surface area contributed by atoms with E-state index in [4.69, 9.17) is 5.11 Å². The van der Waals surface area contributed by atoms with Crippen molar-refractivity contribution in [3.63, 3.8) is 0 Å². The molecule has 1 aromatic rings. The Hall–Kier alpha value is -2.24. The molecule has 2 atom stereocenters. The van der Waals surface area contributed by atoms with Gasteiger partial charge in [-0.2, -0.15) is 0 Å². The smallest absolute Gasteiger partial charge is 0.321 e. The first-order valence-electron chi connectivity index (χ1n) is 7.03. The lowest BCUT2D eigenvalue weighted by atomic mass is 9.86. The van der Waals surface area contributed by atoms with E-state index in [0.717, 1.165) is 12.8 Å². The molecule has 2 rings (SSSR count). The Kier molecular flexibility index (Phi) is 4.67. The summed E-state index contributed by atoms with van der Waals surface area (Å²) in [4.78, 5) is 24.7. The Morgan fingerprint density at radius 1 is 1.24 bits per heavy atom. The maximum absolute atomic E-state index is 12.2. The van der Waals surface area contributed by atoms with Gasteiger partial charge in [0.15, 0.2) is 0 Å². The van der Waals surface area contributed by atoms with Crippen molar-refractivity contribution in [3.8, 4) is 5.75 Å². The molecule has 2 unspecified atom stereocenters. The van der Waals surface area contributed by atoms with Crippen LogP contribution < -0.4 is 10.2 Å². The summed E-state index contributed by atoms with van der Waals surface area (Å²) in [7, 11) is 1.64. The van der Waals surface area contributed by atoms with E-state index in [-0.39, 0.29) is 23.7 Å². The number of urea groups is 1.